The van der Waals surface area contributed by atoms with Gasteiger partial charge in [-0.3, -0.25) is 9.36 Å². The fraction of sp³-hybridized carbons (Fsp3) is 0.364. The number of carbonyl (C=O) groups excluding carboxylic acids is 1. The van der Waals surface area contributed by atoms with E-state index in [1.54, 1.807) is 24.3 Å². The van der Waals surface area contributed by atoms with Gasteiger partial charge in [0.05, 0.1) is 17.8 Å². The zero-order valence-corrected chi connectivity index (χ0v) is 17.2. The van der Waals surface area contributed by atoms with Gasteiger partial charge in [-0.05, 0) is 43.5 Å². The van der Waals surface area contributed by atoms with Crippen LogP contribution in [0.2, 0.25) is 0 Å². The van der Waals surface area contributed by atoms with E-state index < -0.39 is 6.09 Å². The molecule has 1 aliphatic rings. The number of hydrogen-bond acceptors (Lipinski definition) is 5. The van der Waals surface area contributed by atoms with E-state index >= 15 is 0 Å². The van der Waals surface area contributed by atoms with Gasteiger partial charge in [0.25, 0.3) is 0 Å². The number of hydrogen-bond donors (Lipinski definition) is 1. The number of fused-ring (bicyclic) bond motifs is 2. The third-order valence-electron chi connectivity index (χ3n) is 5.33. The van der Waals surface area contributed by atoms with Gasteiger partial charge in [0.15, 0.2) is 0 Å². The van der Waals surface area contributed by atoms with Crippen molar-refractivity contribution in [3.05, 3.63) is 48.0 Å². The minimum Gasteiger partial charge on any atom is -0.464 e. The van der Waals surface area contributed by atoms with Crippen LogP contribution in [-0.4, -0.2) is 42.6 Å². The molecule has 0 bridgehead atoms. The Kier molecular flexibility index (Phi) is 5.15. The molecule has 8 nitrogen and oxygen atoms in total. The van der Waals surface area contributed by atoms with Crippen LogP contribution in [0.25, 0.3) is 10.9 Å². The molecule has 1 atom stereocenters. The van der Waals surface area contributed by atoms with Gasteiger partial charge in [-0.1, -0.05) is 13.8 Å². The summed E-state index contributed by atoms with van der Waals surface area (Å²) >= 11 is 0. The maximum Gasteiger partial charge on any atom is 0.415 e. The van der Waals surface area contributed by atoms with E-state index in [4.69, 9.17) is 4.74 Å². The molecule has 1 amide bonds. The van der Waals surface area contributed by atoms with E-state index in [0.717, 1.165) is 21.2 Å². The van der Waals surface area contributed by atoms with Crippen molar-refractivity contribution in [1.82, 2.24) is 19.4 Å². The normalized spacial score (nSPS) is 16.0. The summed E-state index contributed by atoms with van der Waals surface area (Å²) in [6.45, 7) is 6.55. The Balaban J connectivity index is 1.60. The molecule has 1 aliphatic heterocycles. The van der Waals surface area contributed by atoms with Crippen molar-refractivity contribution in [3.63, 3.8) is 0 Å². The summed E-state index contributed by atoms with van der Waals surface area (Å²) < 4.78 is 7.21. The molecule has 1 N–H and O–H groups in total. The van der Waals surface area contributed by atoms with Crippen molar-refractivity contribution in [3.8, 4) is 11.6 Å². The molecule has 0 radical (unpaired) electrons. The largest absolute Gasteiger partial charge is 0.464 e. The number of aromatic nitrogens is 3. The number of amides is 1. The minimum atomic E-state index is -1.03. The molecule has 3 heterocycles. The molecule has 4 rings (SSSR count). The SMILES string of the molecule is CC(C)CC(=O)N1Cc2ncnc(Oc3ccc4c(ccn4C(=O)O)c3)c2C[C@@H]1C. The fourth-order valence-corrected chi connectivity index (χ4v) is 3.85. The van der Waals surface area contributed by atoms with E-state index in [1.165, 1.54) is 12.5 Å². The van der Waals surface area contributed by atoms with E-state index in [2.05, 4.69) is 9.97 Å². The third-order valence-corrected chi connectivity index (χ3v) is 5.33. The maximum atomic E-state index is 12.6. The summed E-state index contributed by atoms with van der Waals surface area (Å²) in [7, 11) is 0. The topological polar surface area (TPSA) is 97.6 Å². The zero-order chi connectivity index (χ0) is 21.4. The predicted octanol–water partition coefficient (Wildman–Crippen LogP) is 4.07. The van der Waals surface area contributed by atoms with Gasteiger partial charge >= 0.3 is 6.09 Å². The monoisotopic (exact) mass is 408 g/mol. The van der Waals surface area contributed by atoms with Crippen LogP contribution in [0.1, 0.15) is 38.4 Å². The van der Waals surface area contributed by atoms with Crippen molar-refractivity contribution < 1.29 is 19.4 Å². The van der Waals surface area contributed by atoms with Gasteiger partial charge in [0.2, 0.25) is 11.8 Å². The molecular weight excluding hydrogens is 384 g/mol. The lowest BCUT2D eigenvalue weighted by molar-refractivity contribution is -0.135. The average molecular weight is 408 g/mol. The van der Waals surface area contributed by atoms with E-state index in [9.17, 15) is 14.7 Å². The molecule has 0 saturated carbocycles. The number of nitrogens with zero attached hydrogens (tertiary/aromatic N) is 4. The van der Waals surface area contributed by atoms with Gasteiger partial charge < -0.3 is 14.7 Å². The number of rotatable bonds is 4. The molecule has 30 heavy (non-hydrogen) atoms. The maximum absolute atomic E-state index is 12.6. The number of ether oxygens (including phenoxy) is 1. The van der Waals surface area contributed by atoms with E-state index in [-0.39, 0.29) is 11.9 Å². The molecule has 0 fully saturated rings. The van der Waals surface area contributed by atoms with Crippen molar-refractivity contribution in [2.24, 2.45) is 5.92 Å². The van der Waals surface area contributed by atoms with Gasteiger partial charge in [-0.15, -0.1) is 0 Å². The zero-order valence-electron chi connectivity index (χ0n) is 17.2. The molecule has 156 valence electrons. The number of carbonyl (C=O) groups is 2. The molecule has 0 saturated heterocycles. The van der Waals surface area contributed by atoms with Crippen LogP contribution in [0.5, 0.6) is 11.6 Å². The lowest BCUT2D eigenvalue weighted by Gasteiger charge is -2.35. The third kappa shape index (κ3) is 3.72. The Morgan fingerprint density at radius 2 is 2.07 bits per heavy atom. The summed E-state index contributed by atoms with van der Waals surface area (Å²) in [4.78, 5) is 34.4. The van der Waals surface area contributed by atoms with Crippen LogP contribution in [0.4, 0.5) is 4.79 Å². The highest BCUT2D eigenvalue weighted by Crippen LogP contribution is 2.32. The molecule has 8 heteroatoms. The second-order valence-corrected chi connectivity index (χ2v) is 8.07. The first kappa shape index (κ1) is 19.9. The highest BCUT2D eigenvalue weighted by atomic mass is 16.5. The summed E-state index contributed by atoms with van der Waals surface area (Å²) in [5.74, 6) is 1.48. The number of benzene rings is 1. The first-order valence-electron chi connectivity index (χ1n) is 9.98. The molecule has 0 spiro atoms. The standard InChI is InChI=1S/C22H24N4O4/c1-13(2)8-20(27)26-11-18-17(9-14(26)3)21(24-12-23-18)30-16-4-5-19-15(10-16)6-7-25(19)22(28)29/h4-7,10,12-14H,8-9,11H2,1-3H3,(H,28,29)/t14-/m0/s1. The Bertz CT molecular complexity index is 1120. The summed E-state index contributed by atoms with van der Waals surface area (Å²) in [6, 6.07) is 6.98. The Hall–Kier alpha value is -3.42. The highest BCUT2D eigenvalue weighted by molar-refractivity contribution is 5.89. The van der Waals surface area contributed by atoms with Crippen LogP contribution in [-0.2, 0) is 17.8 Å². The summed E-state index contributed by atoms with van der Waals surface area (Å²) in [6.07, 6.45) is 3.06. The lowest BCUT2D eigenvalue weighted by atomic mass is 9.98. The van der Waals surface area contributed by atoms with Crippen molar-refractivity contribution in [2.45, 2.75) is 46.2 Å². The molecule has 3 aromatic rings. The first-order chi connectivity index (χ1) is 14.3. The quantitative estimate of drug-likeness (QED) is 0.699. The first-order valence-corrected chi connectivity index (χ1v) is 9.98. The second-order valence-electron chi connectivity index (χ2n) is 8.07. The second kappa shape index (κ2) is 7.78. The molecule has 1 aromatic carbocycles. The van der Waals surface area contributed by atoms with Crippen LogP contribution >= 0.6 is 0 Å². The van der Waals surface area contributed by atoms with Crippen molar-refractivity contribution in [2.75, 3.05) is 0 Å². The van der Waals surface area contributed by atoms with Crippen LogP contribution < -0.4 is 4.74 Å². The fourth-order valence-electron chi connectivity index (χ4n) is 3.85. The number of carboxylic acid groups (broad SMARTS) is 1. The Labute approximate surface area is 174 Å². The van der Waals surface area contributed by atoms with E-state index in [1.807, 2.05) is 25.7 Å². The Morgan fingerprint density at radius 1 is 1.27 bits per heavy atom. The smallest absolute Gasteiger partial charge is 0.415 e. The predicted molar refractivity (Wildman–Crippen MR) is 111 cm³/mol. The average Bonchev–Trinajstić information content (AvgIpc) is 3.11. The van der Waals surface area contributed by atoms with Crippen molar-refractivity contribution in [1.29, 1.82) is 0 Å². The molecular formula is C22H24N4O4. The lowest BCUT2D eigenvalue weighted by Crippen LogP contribution is -2.43. The molecule has 0 aliphatic carbocycles. The van der Waals surface area contributed by atoms with Crippen molar-refractivity contribution >= 4 is 22.9 Å². The van der Waals surface area contributed by atoms with Crippen LogP contribution in [0.3, 0.4) is 0 Å². The minimum absolute atomic E-state index is 0.0316. The van der Waals surface area contributed by atoms with E-state index in [0.29, 0.717) is 42.5 Å². The summed E-state index contributed by atoms with van der Waals surface area (Å²) in [5.41, 5.74) is 2.29. The van der Waals surface area contributed by atoms with Gasteiger partial charge in [0, 0.05) is 29.6 Å². The summed E-state index contributed by atoms with van der Waals surface area (Å²) in [5, 5.41) is 9.99. The highest BCUT2D eigenvalue weighted by Gasteiger charge is 2.30. The Morgan fingerprint density at radius 3 is 2.80 bits per heavy atom. The molecule has 0 unspecified atom stereocenters. The van der Waals surface area contributed by atoms with Gasteiger partial charge in [0.1, 0.15) is 12.1 Å². The van der Waals surface area contributed by atoms with Gasteiger partial charge in [-0.25, -0.2) is 14.8 Å². The van der Waals surface area contributed by atoms with Gasteiger partial charge in [-0.2, -0.15) is 0 Å². The molecule has 2 aromatic heterocycles. The van der Waals surface area contributed by atoms with Crippen LogP contribution in [0, 0.1) is 5.92 Å². The van der Waals surface area contributed by atoms with Crippen LogP contribution in [0.15, 0.2) is 36.8 Å².